The third kappa shape index (κ3) is 3.41. The summed E-state index contributed by atoms with van der Waals surface area (Å²) in [5.41, 5.74) is 1.30. The van der Waals surface area contributed by atoms with E-state index in [1.54, 1.807) is 12.4 Å². The van der Waals surface area contributed by atoms with E-state index >= 15 is 0 Å². The number of hydrogen-bond acceptors (Lipinski definition) is 8. The van der Waals surface area contributed by atoms with Gasteiger partial charge in [-0.05, 0) is 12.1 Å². The summed E-state index contributed by atoms with van der Waals surface area (Å²) in [6, 6.07) is 3.75. The molecule has 1 N–H and O–H groups in total. The zero-order chi connectivity index (χ0) is 16.2. The Bertz CT molecular complexity index is 841. The minimum absolute atomic E-state index is 0.0610. The highest BCUT2D eigenvalue weighted by Gasteiger charge is 2.21. The van der Waals surface area contributed by atoms with Crippen LogP contribution in [0.15, 0.2) is 36.2 Å². The van der Waals surface area contributed by atoms with Gasteiger partial charge in [0.1, 0.15) is 11.3 Å². The molecule has 0 bridgehead atoms. The van der Waals surface area contributed by atoms with Gasteiger partial charge in [-0.1, -0.05) is 11.6 Å². The predicted octanol–water partition coefficient (Wildman–Crippen LogP) is 3.17. The van der Waals surface area contributed by atoms with E-state index in [1.165, 1.54) is 17.7 Å². The van der Waals surface area contributed by atoms with Crippen molar-refractivity contribution >= 4 is 34.4 Å². The highest BCUT2D eigenvalue weighted by molar-refractivity contribution is 7.13. The van der Waals surface area contributed by atoms with E-state index in [0.717, 1.165) is 16.3 Å². The van der Waals surface area contributed by atoms with Crippen LogP contribution in [0.1, 0.15) is 5.69 Å². The van der Waals surface area contributed by atoms with Crippen LogP contribution in [-0.2, 0) is 6.54 Å². The van der Waals surface area contributed by atoms with Crippen LogP contribution in [0.4, 0.5) is 11.5 Å². The highest BCUT2D eigenvalue weighted by atomic mass is 35.5. The Labute approximate surface area is 139 Å². The van der Waals surface area contributed by atoms with Crippen LogP contribution in [0.3, 0.4) is 0 Å². The van der Waals surface area contributed by atoms with Gasteiger partial charge in [-0.3, -0.25) is 15.1 Å². The Balaban J connectivity index is 1.76. The van der Waals surface area contributed by atoms with Crippen LogP contribution in [0, 0.1) is 10.1 Å². The van der Waals surface area contributed by atoms with E-state index in [4.69, 9.17) is 11.6 Å². The minimum Gasteiger partial charge on any atom is -0.359 e. The van der Waals surface area contributed by atoms with Crippen LogP contribution < -0.4 is 5.32 Å². The molecule has 0 amide bonds. The number of hydrogen-bond donors (Lipinski definition) is 1. The van der Waals surface area contributed by atoms with E-state index < -0.39 is 4.92 Å². The standard InChI is InChI=1S/C13H9ClN6O2S/c14-11-10(20(21)22)12(18-7-17-11)16-5-9-6-23-13(19-9)8-2-1-3-15-4-8/h1-4,6-7H,5H2,(H,16,17,18). The van der Waals surface area contributed by atoms with E-state index in [0.29, 0.717) is 0 Å². The predicted molar refractivity (Wildman–Crippen MR) is 86.4 cm³/mol. The summed E-state index contributed by atoms with van der Waals surface area (Å²) in [5.74, 6) is 0.0610. The summed E-state index contributed by atoms with van der Waals surface area (Å²) in [7, 11) is 0. The first-order valence-corrected chi connectivity index (χ1v) is 7.64. The SMILES string of the molecule is O=[N+]([O-])c1c(Cl)ncnc1NCc1csc(-c2cccnc2)n1. The first kappa shape index (κ1) is 15.3. The van der Waals surface area contributed by atoms with Gasteiger partial charge in [-0.15, -0.1) is 11.3 Å². The molecule has 0 saturated carbocycles. The molecule has 0 fully saturated rings. The van der Waals surface area contributed by atoms with Crippen LogP contribution in [0.2, 0.25) is 5.15 Å². The number of rotatable bonds is 5. The van der Waals surface area contributed by atoms with Gasteiger partial charge in [0, 0.05) is 23.3 Å². The zero-order valence-electron chi connectivity index (χ0n) is 11.5. The summed E-state index contributed by atoms with van der Waals surface area (Å²) >= 11 is 7.20. The van der Waals surface area contributed by atoms with Crippen LogP contribution in [-0.4, -0.2) is 24.9 Å². The Morgan fingerprint density at radius 3 is 3.00 bits per heavy atom. The van der Waals surface area contributed by atoms with Crippen molar-refractivity contribution in [1.29, 1.82) is 0 Å². The molecular formula is C13H9ClN6O2S. The summed E-state index contributed by atoms with van der Waals surface area (Å²) in [5, 5.41) is 16.4. The summed E-state index contributed by atoms with van der Waals surface area (Å²) in [6.07, 6.45) is 4.59. The molecule has 3 aromatic rings. The molecule has 10 heteroatoms. The Hall–Kier alpha value is -2.65. The van der Waals surface area contributed by atoms with Crippen molar-refractivity contribution in [3.8, 4) is 10.6 Å². The molecule has 3 rings (SSSR count). The smallest absolute Gasteiger partial charge is 0.348 e. The molecule has 0 radical (unpaired) electrons. The molecule has 0 spiro atoms. The second-order valence-corrected chi connectivity index (χ2v) is 5.57. The number of nitrogens with zero attached hydrogens (tertiary/aromatic N) is 5. The van der Waals surface area contributed by atoms with Gasteiger partial charge in [-0.25, -0.2) is 15.0 Å². The molecule has 0 aliphatic rings. The molecule has 3 heterocycles. The quantitative estimate of drug-likeness (QED) is 0.428. The number of pyridine rings is 1. The molecule has 3 aromatic heterocycles. The van der Waals surface area contributed by atoms with Crippen molar-refractivity contribution in [3.05, 3.63) is 57.2 Å². The molecule has 116 valence electrons. The lowest BCUT2D eigenvalue weighted by Gasteiger charge is -2.04. The summed E-state index contributed by atoms with van der Waals surface area (Å²) in [4.78, 5) is 26.4. The van der Waals surface area contributed by atoms with Gasteiger partial charge < -0.3 is 5.32 Å². The third-order valence-corrected chi connectivity index (χ3v) is 4.07. The Kier molecular flexibility index (Phi) is 4.40. The van der Waals surface area contributed by atoms with Gasteiger partial charge in [0.05, 0.1) is 17.2 Å². The fraction of sp³-hybridized carbons (Fsp3) is 0.0769. The van der Waals surface area contributed by atoms with Crippen molar-refractivity contribution in [1.82, 2.24) is 19.9 Å². The van der Waals surface area contributed by atoms with Crippen molar-refractivity contribution < 1.29 is 4.92 Å². The van der Waals surface area contributed by atoms with Crippen LogP contribution in [0.5, 0.6) is 0 Å². The van der Waals surface area contributed by atoms with Gasteiger partial charge in [0.2, 0.25) is 11.0 Å². The second-order valence-electron chi connectivity index (χ2n) is 4.36. The van der Waals surface area contributed by atoms with Gasteiger partial charge in [-0.2, -0.15) is 0 Å². The molecule has 0 aliphatic heterocycles. The lowest BCUT2D eigenvalue weighted by atomic mass is 10.3. The number of aromatic nitrogens is 4. The maximum Gasteiger partial charge on any atom is 0.348 e. The fourth-order valence-corrected chi connectivity index (χ4v) is 2.85. The lowest BCUT2D eigenvalue weighted by molar-refractivity contribution is -0.384. The Morgan fingerprint density at radius 1 is 1.39 bits per heavy atom. The average Bonchev–Trinajstić information content (AvgIpc) is 3.02. The van der Waals surface area contributed by atoms with Crippen molar-refractivity contribution in [2.45, 2.75) is 6.54 Å². The van der Waals surface area contributed by atoms with Crippen molar-refractivity contribution in [2.24, 2.45) is 0 Å². The monoisotopic (exact) mass is 348 g/mol. The fourth-order valence-electron chi connectivity index (χ4n) is 1.83. The molecule has 0 unspecified atom stereocenters. The van der Waals surface area contributed by atoms with Crippen molar-refractivity contribution in [2.75, 3.05) is 5.32 Å². The summed E-state index contributed by atoms with van der Waals surface area (Å²) < 4.78 is 0. The molecular weight excluding hydrogens is 340 g/mol. The van der Waals surface area contributed by atoms with Gasteiger partial charge in [0.25, 0.3) is 0 Å². The van der Waals surface area contributed by atoms with Crippen molar-refractivity contribution in [3.63, 3.8) is 0 Å². The third-order valence-electron chi connectivity index (χ3n) is 2.86. The van der Waals surface area contributed by atoms with Gasteiger partial charge in [0.15, 0.2) is 0 Å². The van der Waals surface area contributed by atoms with Crippen LogP contribution >= 0.6 is 22.9 Å². The van der Waals surface area contributed by atoms with Gasteiger partial charge >= 0.3 is 5.69 Å². The Morgan fingerprint density at radius 2 is 2.26 bits per heavy atom. The largest absolute Gasteiger partial charge is 0.359 e. The number of nitrogens with one attached hydrogen (secondary N) is 1. The lowest BCUT2D eigenvalue weighted by Crippen LogP contribution is -2.06. The van der Waals surface area contributed by atoms with E-state index in [-0.39, 0.29) is 23.2 Å². The topological polar surface area (TPSA) is 107 Å². The number of anilines is 1. The zero-order valence-corrected chi connectivity index (χ0v) is 13.1. The molecule has 8 nitrogen and oxygen atoms in total. The highest BCUT2D eigenvalue weighted by Crippen LogP contribution is 2.29. The molecule has 0 saturated heterocycles. The first-order valence-electron chi connectivity index (χ1n) is 6.38. The molecule has 0 aliphatic carbocycles. The molecule has 0 aromatic carbocycles. The maximum atomic E-state index is 11.0. The van der Waals surface area contributed by atoms with Crippen LogP contribution in [0.25, 0.3) is 10.6 Å². The van der Waals surface area contributed by atoms with E-state index in [9.17, 15) is 10.1 Å². The second kappa shape index (κ2) is 6.63. The molecule has 23 heavy (non-hydrogen) atoms. The maximum absolute atomic E-state index is 11.0. The summed E-state index contributed by atoms with van der Waals surface area (Å²) in [6.45, 7) is 0.283. The normalized spacial score (nSPS) is 10.5. The molecule has 0 atom stereocenters. The minimum atomic E-state index is -0.618. The number of thiazole rings is 1. The number of halogens is 1. The van der Waals surface area contributed by atoms with E-state index in [2.05, 4.69) is 25.3 Å². The van der Waals surface area contributed by atoms with E-state index in [1.807, 2.05) is 17.5 Å². The average molecular weight is 349 g/mol. The number of nitro groups is 1. The first-order chi connectivity index (χ1) is 11.1.